The number of anilines is 1. The lowest BCUT2D eigenvalue weighted by Gasteiger charge is -2.24. The molecular formula is C19H25Cl2N5OS. The number of aromatic nitrogens is 3. The first-order chi connectivity index (χ1) is 12.9. The van der Waals surface area contributed by atoms with Crippen molar-refractivity contribution in [2.24, 2.45) is 7.05 Å². The molecule has 9 heteroatoms. The van der Waals surface area contributed by atoms with Crippen LogP contribution in [-0.4, -0.2) is 51.8 Å². The van der Waals surface area contributed by atoms with E-state index < -0.39 is 0 Å². The number of likely N-dealkylation sites (N-methyl/N-ethyl adjacent to an activating group) is 1. The van der Waals surface area contributed by atoms with Gasteiger partial charge in [0.1, 0.15) is 0 Å². The standard InChI is InChI=1S/C19H24ClN5OS.ClH/c1-5-24(6-2)11-12-25(18(26)15-9-10-23(4)22-15)19-21-16-13(3)7-8-14(20)17(16)27-19;/h7-10H,5-6,11-12H2,1-4H3;1H. The van der Waals surface area contributed by atoms with E-state index >= 15 is 0 Å². The van der Waals surface area contributed by atoms with E-state index in [1.54, 1.807) is 28.9 Å². The highest BCUT2D eigenvalue weighted by molar-refractivity contribution is 7.23. The van der Waals surface area contributed by atoms with Crippen molar-refractivity contribution >= 4 is 56.6 Å². The minimum Gasteiger partial charge on any atom is -0.302 e. The third kappa shape index (κ3) is 4.66. The van der Waals surface area contributed by atoms with Crippen molar-refractivity contribution in [3.63, 3.8) is 0 Å². The van der Waals surface area contributed by atoms with Gasteiger partial charge in [0.25, 0.3) is 5.91 Å². The smallest absolute Gasteiger partial charge is 0.280 e. The summed E-state index contributed by atoms with van der Waals surface area (Å²) in [5.41, 5.74) is 2.31. The molecule has 0 aliphatic heterocycles. The van der Waals surface area contributed by atoms with Crippen LogP contribution in [0.2, 0.25) is 5.02 Å². The maximum atomic E-state index is 13.2. The number of nitrogens with zero attached hydrogens (tertiary/aromatic N) is 5. The fourth-order valence-corrected chi connectivity index (χ4v) is 4.28. The molecule has 1 amide bonds. The average molecular weight is 442 g/mol. The Morgan fingerprint density at radius 1 is 1.21 bits per heavy atom. The van der Waals surface area contributed by atoms with E-state index in [0.29, 0.717) is 22.4 Å². The third-order valence-corrected chi connectivity index (χ3v) is 6.17. The molecule has 0 saturated heterocycles. The maximum Gasteiger partial charge on any atom is 0.280 e. The predicted octanol–water partition coefficient (Wildman–Crippen LogP) is 4.40. The Morgan fingerprint density at radius 2 is 1.93 bits per heavy atom. The Hall–Kier alpha value is -1.67. The molecule has 0 unspecified atom stereocenters. The van der Waals surface area contributed by atoms with Crippen molar-refractivity contribution in [1.29, 1.82) is 0 Å². The lowest BCUT2D eigenvalue weighted by molar-refractivity contribution is 0.0978. The monoisotopic (exact) mass is 441 g/mol. The van der Waals surface area contributed by atoms with Gasteiger partial charge in [0.05, 0.1) is 15.2 Å². The van der Waals surface area contributed by atoms with Crippen LogP contribution in [0.15, 0.2) is 24.4 Å². The number of hydrogen-bond acceptors (Lipinski definition) is 5. The highest BCUT2D eigenvalue weighted by atomic mass is 35.5. The zero-order chi connectivity index (χ0) is 19.6. The predicted molar refractivity (Wildman–Crippen MR) is 119 cm³/mol. The van der Waals surface area contributed by atoms with Crippen LogP contribution < -0.4 is 4.90 Å². The van der Waals surface area contributed by atoms with E-state index in [0.717, 1.165) is 35.4 Å². The first-order valence-electron chi connectivity index (χ1n) is 9.04. The zero-order valence-electron chi connectivity index (χ0n) is 16.5. The van der Waals surface area contributed by atoms with Crippen molar-refractivity contribution in [1.82, 2.24) is 19.7 Å². The summed E-state index contributed by atoms with van der Waals surface area (Å²) in [4.78, 5) is 21.9. The zero-order valence-corrected chi connectivity index (χ0v) is 18.9. The van der Waals surface area contributed by atoms with Crippen LogP contribution in [0, 0.1) is 6.92 Å². The van der Waals surface area contributed by atoms with E-state index in [1.165, 1.54) is 11.3 Å². The number of rotatable bonds is 7. The fourth-order valence-electron chi connectivity index (χ4n) is 2.94. The Morgan fingerprint density at radius 3 is 2.50 bits per heavy atom. The molecule has 6 nitrogen and oxygen atoms in total. The number of carbonyl (C=O) groups excluding carboxylic acids is 1. The van der Waals surface area contributed by atoms with Gasteiger partial charge in [-0.1, -0.05) is 42.9 Å². The van der Waals surface area contributed by atoms with Crippen LogP contribution in [0.25, 0.3) is 10.2 Å². The lowest BCUT2D eigenvalue weighted by Crippen LogP contribution is -2.39. The highest BCUT2D eigenvalue weighted by Crippen LogP contribution is 2.36. The molecule has 3 aromatic rings. The first-order valence-corrected chi connectivity index (χ1v) is 10.2. The lowest BCUT2D eigenvalue weighted by atomic mass is 10.2. The summed E-state index contributed by atoms with van der Waals surface area (Å²) in [5.74, 6) is -0.143. The van der Waals surface area contributed by atoms with Crippen molar-refractivity contribution in [3.8, 4) is 0 Å². The van der Waals surface area contributed by atoms with Crippen LogP contribution in [0.3, 0.4) is 0 Å². The van der Waals surface area contributed by atoms with Gasteiger partial charge in [-0.2, -0.15) is 5.10 Å². The van der Waals surface area contributed by atoms with Gasteiger partial charge in [-0.15, -0.1) is 12.4 Å². The molecular weight excluding hydrogens is 417 g/mol. The summed E-state index contributed by atoms with van der Waals surface area (Å²) in [6.07, 6.45) is 1.77. The van der Waals surface area contributed by atoms with Crippen LogP contribution in [0.4, 0.5) is 5.13 Å². The molecule has 0 fully saturated rings. The van der Waals surface area contributed by atoms with Crippen molar-refractivity contribution in [3.05, 3.63) is 40.7 Å². The topological polar surface area (TPSA) is 54.3 Å². The van der Waals surface area contributed by atoms with Crippen molar-refractivity contribution in [2.45, 2.75) is 20.8 Å². The molecule has 0 radical (unpaired) electrons. The second kappa shape index (κ2) is 9.69. The number of aryl methyl sites for hydroxylation is 2. The quantitative estimate of drug-likeness (QED) is 0.544. The molecule has 0 atom stereocenters. The van der Waals surface area contributed by atoms with E-state index in [-0.39, 0.29) is 18.3 Å². The minimum atomic E-state index is -0.143. The molecule has 2 heterocycles. The third-order valence-electron chi connectivity index (χ3n) is 4.63. The summed E-state index contributed by atoms with van der Waals surface area (Å²) in [6, 6.07) is 5.56. The highest BCUT2D eigenvalue weighted by Gasteiger charge is 2.24. The van der Waals surface area contributed by atoms with Gasteiger partial charge in [-0.25, -0.2) is 4.98 Å². The van der Waals surface area contributed by atoms with Gasteiger partial charge in [0, 0.05) is 26.3 Å². The second-order valence-electron chi connectivity index (χ2n) is 6.40. The van der Waals surface area contributed by atoms with Gasteiger partial charge in [0.15, 0.2) is 10.8 Å². The van der Waals surface area contributed by atoms with Gasteiger partial charge >= 0.3 is 0 Å². The van der Waals surface area contributed by atoms with E-state index in [2.05, 4.69) is 23.8 Å². The fraction of sp³-hybridized carbons (Fsp3) is 0.421. The molecule has 0 bridgehead atoms. The number of amides is 1. The Balaban J connectivity index is 0.00000280. The summed E-state index contributed by atoms with van der Waals surface area (Å²) < 4.78 is 2.54. The number of halogens is 2. The van der Waals surface area contributed by atoms with Gasteiger partial charge in [-0.3, -0.25) is 14.4 Å². The van der Waals surface area contributed by atoms with E-state index in [1.807, 2.05) is 19.1 Å². The first kappa shape index (κ1) is 22.6. The molecule has 0 N–H and O–H groups in total. The van der Waals surface area contributed by atoms with Crippen LogP contribution >= 0.6 is 35.3 Å². The van der Waals surface area contributed by atoms with Crippen molar-refractivity contribution in [2.75, 3.05) is 31.1 Å². The molecule has 0 saturated carbocycles. The van der Waals surface area contributed by atoms with Gasteiger partial charge < -0.3 is 4.90 Å². The van der Waals surface area contributed by atoms with Gasteiger partial charge in [-0.05, 0) is 37.7 Å². The second-order valence-corrected chi connectivity index (χ2v) is 7.78. The molecule has 2 aromatic heterocycles. The Kier molecular flexibility index (Phi) is 7.83. The number of hydrogen-bond donors (Lipinski definition) is 0. The molecule has 1 aromatic carbocycles. The number of thiazole rings is 1. The minimum absolute atomic E-state index is 0. The number of benzene rings is 1. The molecule has 0 spiro atoms. The molecule has 0 aliphatic rings. The Labute approximate surface area is 180 Å². The maximum absolute atomic E-state index is 13.2. The van der Waals surface area contributed by atoms with Crippen LogP contribution in [-0.2, 0) is 7.05 Å². The van der Waals surface area contributed by atoms with Crippen LogP contribution in [0.5, 0.6) is 0 Å². The normalized spacial score (nSPS) is 11.1. The average Bonchev–Trinajstić information content (AvgIpc) is 3.29. The van der Waals surface area contributed by atoms with E-state index in [9.17, 15) is 4.79 Å². The number of carbonyl (C=O) groups is 1. The molecule has 152 valence electrons. The SMILES string of the molecule is CCN(CC)CCN(C(=O)c1ccn(C)n1)c1nc2c(C)ccc(Cl)c2s1.Cl. The van der Waals surface area contributed by atoms with Gasteiger partial charge in [0.2, 0.25) is 0 Å². The largest absolute Gasteiger partial charge is 0.302 e. The van der Waals surface area contributed by atoms with E-state index in [4.69, 9.17) is 16.6 Å². The van der Waals surface area contributed by atoms with Crippen molar-refractivity contribution < 1.29 is 4.79 Å². The molecule has 28 heavy (non-hydrogen) atoms. The number of fused-ring (bicyclic) bond motifs is 1. The summed E-state index contributed by atoms with van der Waals surface area (Å²) >= 11 is 7.81. The van der Waals surface area contributed by atoms with Crippen LogP contribution in [0.1, 0.15) is 29.9 Å². The summed E-state index contributed by atoms with van der Waals surface area (Å²) in [5, 5.41) is 5.59. The molecule has 3 rings (SSSR count). The summed E-state index contributed by atoms with van der Waals surface area (Å²) in [6.45, 7) is 9.44. The molecule has 0 aliphatic carbocycles. The summed E-state index contributed by atoms with van der Waals surface area (Å²) in [7, 11) is 1.80. The Bertz CT molecular complexity index is 912.